The van der Waals surface area contributed by atoms with Gasteiger partial charge in [0.25, 0.3) is 0 Å². The second kappa shape index (κ2) is 7.28. The molecule has 1 aromatic rings. The summed E-state index contributed by atoms with van der Waals surface area (Å²) >= 11 is 0. The van der Waals surface area contributed by atoms with E-state index in [1.54, 1.807) is 39.0 Å². The van der Waals surface area contributed by atoms with Gasteiger partial charge in [-0.1, -0.05) is 6.07 Å². The van der Waals surface area contributed by atoms with Crippen LogP contribution in [-0.4, -0.2) is 36.6 Å². The molecule has 0 aromatic heterocycles. The fourth-order valence-electron chi connectivity index (χ4n) is 1.65. The minimum Gasteiger partial charge on any atom is -0.493 e. The van der Waals surface area contributed by atoms with Gasteiger partial charge in [0.15, 0.2) is 11.5 Å². The van der Waals surface area contributed by atoms with E-state index in [1.165, 1.54) is 7.11 Å². The predicted octanol–water partition coefficient (Wildman–Crippen LogP) is 1.87. The van der Waals surface area contributed by atoms with Gasteiger partial charge in [0.1, 0.15) is 5.60 Å². The number of aliphatic hydroxyl groups excluding tert-OH is 1. The molecular formula is C15H23NO5. The zero-order valence-electron chi connectivity index (χ0n) is 12.9. The molecule has 3 N–H and O–H groups in total. The third-order valence-electron chi connectivity index (χ3n) is 2.54. The van der Waals surface area contributed by atoms with Crippen molar-refractivity contribution in [3.8, 4) is 11.5 Å². The third-order valence-corrected chi connectivity index (χ3v) is 2.54. The molecule has 0 heterocycles. The summed E-state index contributed by atoms with van der Waals surface area (Å²) in [5, 5.41) is 8.96. The van der Waals surface area contributed by atoms with E-state index in [4.69, 9.17) is 25.1 Å². The maximum absolute atomic E-state index is 11.7. The van der Waals surface area contributed by atoms with Crippen molar-refractivity contribution >= 4 is 6.16 Å². The first-order valence-corrected chi connectivity index (χ1v) is 6.69. The van der Waals surface area contributed by atoms with Gasteiger partial charge in [-0.05, 0) is 44.9 Å². The molecule has 0 aliphatic rings. The Morgan fingerprint density at radius 3 is 2.52 bits per heavy atom. The van der Waals surface area contributed by atoms with Gasteiger partial charge in [0.05, 0.1) is 13.7 Å². The highest BCUT2D eigenvalue weighted by atomic mass is 16.7. The minimum absolute atomic E-state index is 0.0987. The first-order chi connectivity index (χ1) is 9.75. The van der Waals surface area contributed by atoms with Crippen molar-refractivity contribution in [1.82, 2.24) is 0 Å². The monoisotopic (exact) mass is 297 g/mol. The molecule has 0 aliphatic carbocycles. The second-order valence-electron chi connectivity index (χ2n) is 5.70. The summed E-state index contributed by atoms with van der Waals surface area (Å²) in [6.07, 6.45) is -0.292. The molecule has 1 rings (SSSR count). The van der Waals surface area contributed by atoms with Crippen molar-refractivity contribution in [3.05, 3.63) is 23.8 Å². The van der Waals surface area contributed by atoms with Crippen molar-refractivity contribution in [1.29, 1.82) is 0 Å². The minimum atomic E-state index is -0.791. The quantitative estimate of drug-likeness (QED) is 0.637. The van der Waals surface area contributed by atoms with Crippen LogP contribution in [0.5, 0.6) is 11.5 Å². The lowest BCUT2D eigenvalue weighted by Crippen LogP contribution is -2.27. The Morgan fingerprint density at radius 2 is 2.00 bits per heavy atom. The summed E-state index contributed by atoms with van der Waals surface area (Å²) in [5.74, 6) is 0.677. The maximum atomic E-state index is 11.7. The van der Waals surface area contributed by atoms with Gasteiger partial charge >= 0.3 is 6.16 Å². The maximum Gasteiger partial charge on any atom is 0.514 e. The summed E-state index contributed by atoms with van der Waals surface area (Å²) in [6, 6.07) is 4.75. The Labute approximate surface area is 124 Å². The summed E-state index contributed by atoms with van der Waals surface area (Å²) in [7, 11) is 1.48. The van der Waals surface area contributed by atoms with Crippen molar-refractivity contribution in [2.45, 2.75) is 38.8 Å². The smallest absolute Gasteiger partial charge is 0.493 e. The topological polar surface area (TPSA) is 91.0 Å². The van der Waals surface area contributed by atoms with Gasteiger partial charge < -0.3 is 25.1 Å². The van der Waals surface area contributed by atoms with E-state index in [-0.39, 0.29) is 18.4 Å². The van der Waals surface area contributed by atoms with E-state index < -0.39 is 11.8 Å². The van der Waals surface area contributed by atoms with Crippen LogP contribution in [-0.2, 0) is 11.2 Å². The van der Waals surface area contributed by atoms with Crippen molar-refractivity contribution in [2.24, 2.45) is 5.73 Å². The van der Waals surface area contributed by atoms with Gasteiger partial charge in [-0.15, -0.1) is 0 Å². The third kappa shape index (κ3) is 6.01. The lowest BCUT2D eigenvalue weighted by molar-refractivity contribution is 0.0201. The molecule has 0 aliphatic heterocycles. The highest BCUT2D eigenvalue weighted by molar-refractivity contribution is 5.66. The standard InChI is InChI=1S/C15H23NO5/c1-15(2,3)21-14(18)20-12-6-5-10(7-11(16)9-17)8-13(12)19-4/h5-6,8,11,17H,7,9,16H2,1-4H3. The summed E-state index contributed by atoms with van der Waals surface area (Å²) in [4.78, 5) is 11.7. The second-order valence-corrected chi connectivity index (χ2v) is 5.70. The Hall–Kier alpha value is -1.79. The van der Waals surface area contributed by atoms with Crippen LogP contribution < -0.4 is 15.2 Å². The number of rotatable bonds is 5. The Bertz CT molecular complexity index is 481. The molecule has 0 spiro atoms. The number of benzene rings is 1. The van der Waals surface area contributed by atoms with Crippen LogP contribution in [0.3, 0.4) is 0 Å². The molecule has 0 saturated carbocycles. The molecule has 1 atom stereocenters. The Balaban J connectivity index is 2.81. The van der Waals surface area contributed by atoms with Crippen LogP contribution in [0.15, 0.2) is 18.2 Å². The SMILES string of the molecule is COc1cc(CC(N)CO)ccc1OC(=O)OC(C)(C)C. The molecule has 6 nitrogen and oxygen atoms in total. The van der Waals surface area contributed by atoms with Crippen molar-refractivity contribution < 1.29 is 24.1 Å². The fraction of sp³-hybridized carbons (Fsp3) is 0.533. The zero-order chi connectivity index (χ0) is 16.0. The van der Waals surface area contributed by atoms with E-state index in [2.05, 4.69) is 0 Å². The summed E-state index contributed by atoms with van der Waals surface area (Å²) in [5.41, 5.74) is 5.94. The Kier molecular flexibility index (Phi) is 5.99. The fourth-order valence-corrected chi connectivity index (χ4v) is 1.65. The molecule has 0 radical (unpaired) electrons. The molecule has 21 heavy (non-hydrogen) atoms. The first kappa shape index (κ1) is 17.3. The van der Waals surface area contributed by atoms with Crippen LogP contribution in [0, 0.1) is 0 Å². The highest BCUT2D eigenvalue weighted by Gasteiger charge is 2.19. The van der Waals surface area contributed by atoms with E-state index in [9.17, 15) is 4.79 Å². The van der Waals surface area contributed by atoms with Gasteiger partial charge in [-0.25, -0.2) is 4.79 Å². The molecule has 1 unspecified atom stereocenters. The normalized spacial score (nSPS) is 12.7. The number of ether oxygens (including phenoxy) is 3. The lowest BCUT2D eigenvalue weighted by Gasteiger charge is -2.19. The van der Waals surface area contributed by atoms with Gasteiger partial charge in [0, 0.05) is 6.04 Å². The molecule has 118 valence electrons. The van der Waals surface area contributed by atoms with Crippen LogP contribution in [0.25, 0.3) is 0 Å². The molecule has 6 heteroatoms. The van der Waals surface area contributed by atoms with Crippen molar-refractivity contribution in [2.75, 3.05) is 13.7 Å². The number of carbonyl (C=O) groups is 1. The van der Waals surface area contributed by atoms with E-state index >= 15 is 0 Å². The first-order valence-electron chi connectivity index (χ1n) is 6.69. The molecule has 0 saturated heterocycles. The van der Waals surface area contributed by atoms with Crippen LogP contribution >= 0.6 is 0 Å². The van der Waals surface area contributed by atoms with Gasteiger partial charge in [-0.3, -0.25) is 0 Å². The number of aliphatic hydroxyl groups is 1. The number of nitrogens with two attached hydrogens (primary N) is 1. The van der Waals surface area contributed by atoms with E-state index in [0.717, 1.165) is 5.56 Å². The number of hydrogen-bond donors (Lipinski definition) is 2. The molecule has 0 fully saturated rings. The van der Waals surface area contributed by atoms with Crippen LogP contribution in [0.1, 0.15) is 26.3 Å². The van der Waals surface area contributed by atoms with Gasteiger partial charge in [0.2, 0.25) is 0 Å². The average Bonchev–Trinajstić information content (AvgIpc) is 2.38. The van der Waals surface area contributed by atoms with Gasteiger partial charge in [-0.2, -0.15) is 0 Å². The van der Waals surface area contributed by atoms with Crippen LogP contribution in [0.2, 0.25) is 0 Å². The predicted molar refractivity (Wildman–Crippen MR) is 78.6 cm³/mol. The van der Waals surface area contributed by atoms with Crippen molar-refractivity contribution in [3.63, 3.8) is 0 Å². The largest absolute Gasteiger partial charge is 0.514 e. The number of methoxy groups -OCH3 is 1. The molecule has 0 amide bonds. The zero-order valence-corrected chi connectivity index (χ0v) is 12.9. The number of hydrogen-bond acceptors (Lipinski definition) is 6. The van der Waals surface area contributed by atoms with Crippen LogP contribution in [0.4, 0.5) is 4.79 Å². The van der Waals surface area contributed by atoms with E-state index in [0.29, 0.717) is 12.2 Å². The average molecular weight is 297 g/mol. The Morgan fingerprint density at radius 1 is 1.33 bits per heavy atom. The highest BCUT2D eigenvalue weighted by Crippen LogP contribution is 2.29. The number of carbonyl (C=O) groups excluding carboxylic acids is 1. The molecule has 1 aromatic carbocycles. The van der Waals surface area contributed by atoms with E-state index in [1.807, 2.05) is 0 Å². The summed E-state index contributed by atoms with van der Waals surface area (Å²) < 4.78 is 15.4. The molecule has 0 bridgehead atoms. The molecular weight excluding hydrogens is 274 g/mol. The lowest BCUT2D eigenvalue weighted by atomic mass is 10.1. The summed E-state index contributed by atoms with van der Waals surface area (Å²) in [6.45, 7) is 5.17.